The van der Waals surface area contributed by atoms with E-state index in [1.807, 2.05) is 0 Å². The van der Waals surface area contributed by atoms with Crippen LogP contribution < -0.4 is 5.73 Å². The summed E-state index contributed by atoms with van der Waals surface area (Å²) < 4.78 is 26.2. The maximum atomic E-state index is 13.3. The van der Waals surface area contributed by atoms with Gasteiger partial charge in [-0.1, -0.05) is 19.1 Å². The molecule has 1 nitrogen and oxygen atoms in total. The van der Waals surface area contributed by atoms with Crippen LogP contribution in [-0.4, -0.2) is 0 Å². The lowest BCUT2D eigenvalue weighted by Crippen LogP contribution is -2.11. The second-order valence-corrected chi connectivity index (χ2v) is 3.04. The van der Waals surface area contributed by atoms with Crippen molar-refractivity contribution in [3.05, 3.63) is 47.5 Å². The van der Waals surface area contributed by atoms with Crippen molar-refractivity contribution >= 4 is 0 Å². The van der Waals surface area contributed by atoms with Gasteiger partial charge in [0, 0.05) is 6.04 Å². The highest BCUT2D eigenvalue weighted by molar-refractivity contribution is 5.33. The van der Waals surface area contributed by atoms with Crippen molar-refractivity contribution in [2.75, 3.05) is 0 Å². The van der Waals surface area contributed by atoms with E-state index in [0.29, 0.717) is 17.5 Å². The van der Waals surface area contributed by atoms with Crippen LogP contribution >= 0.6 is 0 Å². The number of nitrogens with two attached hydrogens (primary N) is 1. The Hall–Kier alpha value is -1.22. The third-order valence-corrected chi connectivity index (χ3v) is 2.20. The normalized spacial score (nSPS) is 12.6. The number of halogens is 2. The van der Waals surface area contributed by atoms with E-state index in [9.17, 15) is 8.78 Å². The number of hydrogen-bond donors (Lipinski definition) is 1. The molecule has 14 heavy (non-hydrogen) atoms. The lowest BCUT2D eigenvalue weighted by molar-refractivity contribution is 0.497. The molecule has 0 fully saturated rings. The van der Waals surface area contributed by atoms with Gasteiger partial charge in [-0.15, -0.1) is 6.58 Å². The maximum absolute atomic E-state index is 13.3. The zero-order chi connectivity index (χ0) is 10.7. The van der Waals surface area contributed by atoms with Crippen LogP contribution in [0.15, 0.2) is 24.8 Å². The fraction of sp³-hybridized carbons (Fsp3) is 0.273. The first kappa shape index (κ1) is 10.9. The smallest absolute Gasteiger partial charge is 0.162 e. The highest BCUT2D eigenvalue weighted by Crippen LogP contribution is 2.22. The standard InChI is InChI=1S/C11H13F2N/c1-3-7-8(10(14)4-2)5-6-9(12)11(7)13/h4-6,10H,2-3,14H2,1H3. The Morgan fingerprint density at radius 1 is 1.50 bits per heavy atom. The second kappa shape index (κ2) is 4.33. The van der Waals surface area contributed by atoms with E-state index in [-0.39, 0.29) is 0 Å². The first-order valence-electron chi connectivity index (χ1n) is 4.46. The van der Waals surface area contributed by atoms with Crippen LogP contribution in [0.3, 0.4) is 0 Å². The van der Waals surface area contributed by atoms with Crippen LogP contribution in [0.1, 0.15) is 24.1 Å². The third-order valence-electron chi connectivity index (χ3n) is 2.20. The minimum Gasteiger partial charge on any atom is -0.321 e. The van der Waals surface area contributed by atoms with Gasteiger partial charge in [-0.3, -0.25) is 0 Å². The highest BCUT2D eigenvalue weighted by atomic mass is 19.2. The van der Waals surface area contributed by atoms with E-state index < -0.39 is 17.7 Å². The van der Waals surface area contributed by atoms with Crippen molar-refractivity contribution in [3.63, 3.8) is 0 Å². The summed E-state index contributed by atoms with van der Waals surface area (Å²) in [7, 11) is 0. The van der Waals surface area contributed by atoms with Crippen molar-refractivity contribution in [3.8, 4) is 0 Å². The zero-order valence-electron chi connectivity index (χ0n) is 8.06. The van der Waals surface area contributed by atoms with Gasteiger partial charge in [-0.05, 0) is 23.6 Å². The molecule has 0 saturated carbocycles. The lowest BCUT2D eigenvalue weighted by Gasteiger charge is -2.13. The van der Waals surface area contributed by atoms with E-state index in [1.54, 1.807) is 6.92 Å². The van der Waals surface area contributed by atoms with Crippen molar-refractivity contribution in [1.29, 1.82) is 0 Å². The fourth-order valence-electron chi connectivity index (χ4n) is 1.41. The Morgan fingerprint density at radius 3 is 2.64 bits per heavy atom. The van der Waals surface area contributed by atoms with Gasteiger partial charge >= 0.3 is 0 Å². The molecule has 0 radical (unpaired) electrons. The number of benzene rings is 1. The Balaban J connectivity index is 3.30. The van der Waals surface area contributed by atoms with Gasteiger partial charge in [-0.25, -0.2) is 8.78 Å². The molecule has 0 heterocycles. The molecule has 3 heteroatoms. The van der Waals surface area contributed by atoms with Crippen LogP contribution in [0.5, 0.6) is 0 Å². The summed E-state index contributed by atoms with van der Waals surface area (Å²) in [6.07, 6.45) is 1.92. The van der Waals surface area contributed by atoms with Gasteiger partial charge in [0.1, 0.15) is 0 Å². The third kappa shape index (κ3) is 1.82. The summed E-state index contributed by atoms with van der Waals surface area (Å²) in [5, 5.41) is 0. The van der Waals surface area contributed by atoms with Crippen molar-refractivity contribution in [2.45, 2.75) is 19.4 Å². The predicted octanol–water partition coefficient (Wildman–Crippen LogP) is 2.71. The molecule has 76 valence electrons. The number of rotatable bonds is 3. The largest absolute Gasteiger partial charge is 0.321 e. The van der Waals surface area contributed by atoms with Gasteiger partial charge in [0.05, 0.1) is 0 Å². The molecule has 2 N–H and O–H groups in total. The average Bonchev–Trinajstić information content (AvgIpc) is 2.20. The summed E-state index contributed by atoms with van der Waals surface area (Å²) >= 11 is 0. The van der Waals surface area contributed by atoms with Crippen molar-refractivity contribution in [1.82, 2.24) is 0 Å². The van der Waals surface area contributed by atoms with Gasteiger partial charge in [0.25, 0.3) is 0 Å². The molecule has 0 aliphatic heterocycles. The Morgan fingerprint density at radius 2 is 2.14 bits per heavy atom. The van der Waals surface area contributed by atoms with E-state index in [1.165, 1.54) is 12.1 Å². The molecule has 0 aromatic heterocycles. The summed E-state index contributed by atoms with van der Waals surface area (Å²) in [6, 6.07) is 2.15. The lowest BCUT2D eigenvalue weighted by atomic mass is 9.98. The molecule has 1 unspecified atom stereocenters. The molecule has 0 spiro atoms. The summed E-state index contributed by atoms with van der Waals surface area (Å²) in [5.74, 6) is -1.64. The van der Waals surface area contributed by atoms with E-state index >= 15 is 0 Å². The second-order valence-electron chi connectivity index (χ2n) is 3.04. The maximum Gasteiger partial charge on any atom is 0.162 e. The summed E-state index contributed by atoms with van der Waals surface area (Å²) in [4.78, 5) is 0. The SMILES string of the molecule is C=CC(N)c1ccc(F)c(F)c1CC. The monoisotopic (exact) mass is 197 g/mol. The molecule has 0 amide bonds. The van der Waals surface area contributed by atoms with Gasteiger partial charge < -0.3 is 5.73 Å². The number of hydrogen-bond acceptors (Lipinski definition) is 1. The molecule has 1 aromatic rings. The van der Waals surface area contributed by atoms with Crippen molar-refractivity contribution < 1.29 is 8.78 Å². The minimum atomic E-state index is -0.832. The van der Waals surface area contributed by atoms with Crippen LogP contribution in [0.25, 0.3) is 0 Å². The molecule has 0 saturated heterocycles. The molecule has 0 bridgehead atoms. The average molecular weight is 197 g/mol. The topological polar surface area (TPSA) is 26.0 Å². The molecule has 0 aliphatic rings. The Bertz CT molecular complexity index is 347. The van der Waals surface area contributed by atoms with E-state index in [2.05, 4.69) is 6.58 Å². The molecule has 0 aliphatic carbocycles. The Labute approximate surface area is 82.2 Å². The van der Waals surface area contributed by atoms with Crippen LogP contribution in [-0.2, 0) is 6.42 Å². The first-order valence-corrected chi connectivity index (χ1v) is 4.46. The quantitative estimate of drug-likeness (QED) is 0.741. The van der Waals surface area contributed by atoms with Crippen LogP contribution in [0.4, 0.5) is 8.78 Å². The van der Waals surface area contributed by atoms with E-state index in [4.69, 9.17) is 5.73 Å². The Kier molecular flexibility index (Phi) is 3.36. The summed E-state index contributed by atoms with van der Waals surface area (Å²) in [6.45, 7) is 5.28. The van der Waals surface area contributed by atoms with Gasteiger partial charge in [0.15, 0.2) is 11.6 Å². The minimum absolute atomic E-state index is 0.331. The fourth-order valence-corrected chi connectivity index (χ4v) is 1.41. The highest BCUT2D eigenvalue weighted by Gasteiger charge is 2.14. The summed E-state index contributed by atoms with van der Waals surface area (Å²) in [5.41, 5.74) is 6.61. The van der Waals surface area contributed by atoms with Crippen LogP contribution in [0, 0.1) is 11.6 Å². The molecular weight excluding hydrogens is 184 g/mol. The first-order chi connectivity index (χ1) is 6.61. The van der Waals surface area contributed by atoms with E-state index in [0.717, 1.165) is 6.07 Å². The molecular formula is C11H13F2N. The van der Waals surface area contributed by atoms with Crippen LogP contribution in [0.2, 0.25) is 0 Å². The zero-order valence-corrected chi connectivity index (χ0v) is 8.06. The molecule has 1 atom stereocenters. The van der Waals surface area contributed by atoms with Gasteiger partial charge in [0.2, 0.25) is 0 Å². The molecule has 1 rings (SSSR count). The van der Waals surface area contributed by atoms with Gasteiger partial charge in [-0.2, -0.15) is 0 Å². The predicted molar refractivity (Wildman–Crippen MR) is 52.9 cm³/mol. The molecule has 1 aromatic carbocycles. The van der Waals surface area contributed by atoms with Crippen molar-refractivity contribution in [2.24, 2.45) is 5.73 Å².